The normalized spacial score (nSPS) is 15.4. The van der Waals surface area contributed by atoms with Crippen molar-refractivity contribution in [1.29, 1.82) is 0 Å². The molecule has 1 fully saturated rings. The first-order chi connectivity index (χ1) is 14.7. The second-order valence-electron chi connectivity index (χ2n) is 6.91. The predicted octanol–water partition coefficient (Wildman–Crippen LogP) is 1.74. The molecule has 0 bridgehead atoms. The van der Waals surface area contributed by atoms with E-state index in [1.807, 2.05) is 4.90 Å². The lowest BCUT2D eigenvalue weighted by molar-refractivity contribution is 0.0601. The first-order valence-corrected chi connectivity index (χ1v) is 9.53. The number of ether oxygens (including phenoxy) is 4. The van der Waals surface area contributed by atoms with Crippen LogP contribution in [0.4, 0.5) is 5.95 Å². The Morgan fingerprint density at radius 1 is 1.07 bits per heavy atom. The summed E-state index contributed by atoms with van der Waals surface area (Å²) >= 11 is 0. The summed E-state index contributed by atoms with van der Waals surface area (Å²) in [5.41, 5.74) is 1.15. The molecule has 30 heavy (non-hydrogen) atoms. The van der Waals surface area contributed by atoms with Gasteiger partial charge in [0.15, 0.2) is 11.5 Å². The number of anilines is 1. The number of nitrogens with zero attached hydrogens (tertiary/aromatic N) is 3. The predicted molar refractivity (Wildman–Crippen MR) is 108 cm³/mol. The molecule has 0 amide bonds. The number of carbonyl (C=O) groups is 1. The van der Waals surface area contributed by atoms with Crippen molar-refractivity contribution in [2.75, 3.05) is 45.1 Å². The molecule has 0 atom stereocenters. The van der Waals surface area contributed by atoms with Crippen LogP contribution in [-0.2, 0) is 9.47 Å². The average Bonchev–Trinajstić information content (AvgIpc) is 3.26. The summed E-state index contributed by atoms with van der Waals surface area (Å²) in [4.78, 5) is 32.2. The number of hydrogen-bond donors (Lipinski definition) is 0. The Balaban J connectivity index is 1.74. The van der Waals surface area contributed by atoms with E-state index in [0.717, 1.165) is 0 Å². The molecule has 0 unspecified atom stereocenters. The Morgan fingerprint density at radius 2 is 1.87 bits per heavy atom. The zero-order chi connectivity index (χ0) is 20.7. The van der Waals surface area contributed by atoms with Gasteiger partial charge in [-0.3, -0.25) is 4.79 Å². The standard InChI is InChI=1S/C21H19N3O6/c1-27-20(26)13-2-4-15-16(10-13)22-21(23-6-8-28-9-7-23)24(19(15)25)14-3-5-17-18(11-14)30-12-29-17/h2-5,10-11H,6-9,12H2,1H3. The molecule has 1 saturated heterocycles. The van der Waals surface area contributed by atoms with Crippen LogP contribution in [0, 0.1) is 0 Å². The van der Waals surface area contributed by atoms with Crippen LogP contribution in [0.2, 0.25) is 0 Å². The largest absolute Gasteiger partial charge is 0.465 e. The van der Waals surface area contributed by atoms with Crippen LogP contribution < -0.4 is 19.9 Å². The summed E-state index contributed by atoms with van der Waals surface area (Å²) in [6, 6.07) is 10.1. The second kappa shape index (κ2) is 7.34. The maximum Gasteiger partial charge on any atom is 0.337 e. The van der Waals surface area contributed by atoms with Crippen LogP contribution in [0.25, 0.3) is 16.6 Å². The van der Waals surface area contributed by atoms with Crippen molar-refractivity contribution in [2.24, 2.45) is 0 Å². The van der Waals surface area contributed by atoms with Gasteiger partial charge in [0.1, 0.15) is 0 Å². The van der Waals surface area contributed by atoms with Gasteiger partial charge in [0.25, 0.3) is 5.56 Å². The number of benzene rings is 2. The molecule has 2 aliphatic rings. The summed E-state index contributed by atoms with van der Waals surface area (Å²) in [5, 5.41) is 0.400. The highest BCUT2D eigenvalue weighted by atomic mass is 16.7. The zero-order valence-corrected chi connectivity index (χ0v) is 16.3. The molecule has 0 spiro atoms. The number of hydrogen-bond acceptors (Lipinski definition) is 8. The third-order valence-electron chi connectivity index (χ3n) is 5.18. The molecule has 5 rings (SSSR count). The molecule has 9 nitrogen and oxygen atoms in total. The lowest BCUT2D eigenvalue weighted by atomic mass is 10.1. The number of esters is 1. The van der Waals surface area contributed by atoms with E-state index in [1.54, 1.807) is 41.0 Å². The van der Waals surface area contributed by atoms with Crippen molar-refractivity contribution < 1.29 is 23.7 Å². The number of methoxy groups -OCH3 is 1. The maximum absolute atomic E-state index is 13.5. The maximum atomic E-state index is 13.5. The van der Waals surface area contributed by atoms with Crippen LogP contribution in [0.1, 0.15) is 10.4 Å². The topological polar surface area (TPSA) is 92.1 Å². The van der Waals surface area contributed by atoms with E-state index in [2.05, 4.69) is 0 Å². The first-order valence-electron chi connectivity index (χ1n) is 9.53. The van der Waals surface area contributed by atoms with E-state index in [9.17, 15) is 9.59 Å². The lowest BCUT2D eigenvalue weighted by Gasteiger charge is -2.30. The van der Waals surface area contributed by atoms with Crippen LogP contribution in [-0.4, -0.2) is 55.7 Å². The molecule has 0 aliphatic carbocycles. The Morgan fingerprint density at radius 3 is 2.67 bits per heavy atom. The van der Waals surface area contributed by atoms with Crippen LogP contribution in [0.15, 0.2) is 41.2 Å². The SMILES string of the molecule is COC(=O)c1ccc2c(=O)n(-c3ccc4c(c3)OCO4)c(N3CCOCC3)nc2c1. The third-order valence-corrected chi connectivity index (χ3v) is 5.18. The number of rotatable bonds is 3. The van der Waals surface area contributed by atoms with Crippen molar-refractivity contribution in [3.05, 3.63) is 52.3 Å². The summed E-state index contributed by atoms with van der Waals surface area (Å²) in [5.74, 6) is 1.22. The van der Waals surface area contributed by atoms with Crippen molar-refractivity contribution >= 4 is 22.8 Å². The Kier molecular flexibility index (Phi) is 4.51. The van der Waals surface area contributed by atoms with Gasteiger partial charge >= 0.3 is 5.97 Å². The van der Waals surface area contributed by atoms with Gasteiger partial charge in [-0.2, -0.15) is 0 Å². The van der Waals surface area contributed by atoms with Crippen molar-refractivity contribution in [1.82, 2.24) is 9.55 Å². The minimum Gasteiger partial charge on any atom is -0.465 e. The van der Waals surface area contributed by atoms with E-state index < -0.39 is 5.97 Å². The number of fused-ring (bicyclic) bond motifs is 2. The Hall–Kier alpha value is -3.59. The molecule has 0 N–H and O–H groups in total. The van der Waals surface area contributed by atoms with Gasteiger partial charge in [-0.15, -0.1) is 0 Å². The van der Waals surface area contributed by atoms with Crippen molar-refractivity contribution in [2.45, 2.75) is 0 Å². The summed E-state index contributed by atoms with van der Waals surface area (Å²) in [6.45, 7) is 2.42. The first kappa shape index (κ1) is 18.4. The smallest absolute Gasteiger partial charge is 0.337 e. The molecule has 154 valence electrons. The second-order valence-corrected chi connectivity index (χ2v) is 6.91. The van der Waals surface area contributed by atoms with Gasteiger partial charge in [0.2, 0.25) is 12.7 Å². The molecule has 1 aromatic heterocycles. The number of carbonyl (C=O) groups excluding carboxylic acids is 1. The molecule has 2 aromatic carbocycles. The highest BCUT2D eigenvalue weighted by Gasteiger charge is 2.23. The highest BCUT2D eigenvalue weighted by molar-refractivity contribution is 5.94. The van der Waals surface area contributed by atoms with E-state index in [1.165, 1.54) is 7.11 Å². The fourth-order valence-electron chi connectivity index (χ4n) is 3.65. The van der Waals surface area contributed by atoms with Crippen molar-refractivity contribution in [3.8, 4) is 17.2 Å². The van der Waals surface area contributed by atoms with Crippen LogP contribution in [0.3, 0.4) is 0 Å². The fourth-order valence-corrected chi connectivity index (χ4v) is 3.65. The summed E-state index contributed by atoms with van der Waals surface area (Å²) < 4.78 is 22.7. The quantitative estimate of drug-likeness (QED) is 0.604. The Labute approximate surface area is 171 Å². The highest BCUT2D eigenvalue weighted by Crippen LogP contribution is 2.34. The monoisotopic (exact) mass is 409 g/mol. The van der Waals surface area contributed by atoms with E-state index in [-0.39, 0.29) is 12.4 Å². The van der Waals surface area contributed by atoms with Crippen LogP contribution in [0.5, 0.6) is 11.5 Å². The minimum atomic E-state index is -0.480. The number of morpholine rings is 1. The van der Waals surface area contributed by atoms with E-state index in [4.69, 9.17) is 23.9 Å². The number of aromatic nitrogens is 2. The fraction of sp³-hybridized carbons (Fsp3) is 0.286. The van der Waals surface area contributed by atoms with Crippen LogP contribution >= 0.6 is 0 Å². The third kappa shape index (κ3) is 3.03. The van der Waals surface area contributed by atoms with Crippen molar-refractivity contribution in [3.63, 3.8) is 0 Å². The Bertz CT molecular complexity index is 1200. The zero-order valence-electron chi connectivity index (χ0n) is 16.3. The van der Waals surface area contributed by atoms with Gasteiger partial charge in [0.05, 0.1) is 42.5 Å². The molecule has 3 heterocycles. The molecule has 9 heteroatoms. The van der Waals surface area contributed by atoms with Gasteiger partial charge in [-0.1, -0.05) is 0 Å². The molecule has 2 aliphatic heterocycles. The molecular weight excluding hydrogens is 390 g/mol. The molecule has 0 radical (unpaired) electrons. The van der Waals surface area contributed by atoms with E-state index in [0.29, 0.717) is 65.9 Å². The van der Waals surface area contributed by atoms with Gasteiger partial charge in [-0.25, -0.2) is 14.3 Å². The van der Waals surface area contributed by atoms with Gasteiger partial charge in [0, 0.05) is 19.2 Å². The van der Waals surface area contributed by atoms with E-state index >= 15 is 0 Å². The minimum absolute atomic E-state index is 0.149. The summed E-state index contributed by atoms with van der Waals surface area (Å²) in [7, 11) is 1.32. The summed E-state index contributed by atoms with van der Waals surface area (Å²) in [6.07, 6.45) is 0. The molecule has 0 saturated carbocycles. The molecule has 3 aromatic rings. The average molecular weight is 409 g/mol. The van der Waals surface area contributed by atoms with Gasteiger partial charge in [-0.05, 0) is 30.3 Å². The van der Waals surface area contributed by atoms with Gasteiger partial charge < -0.3 is 23.8 Å². The molecular formula is C21H19N3O6. The lowest BCUT2D eigenvalue weighted by Crippen LogP contribution is -2.40.